The van der Waals surface area contributed by atoms with Gasteiger partial charge in [-0.25, -0.2) is 4.39 Å². The Hall–Kier alpha value is -1.17. The molecule has 1 fully saturated rings. The highest BCUT2D eigenvalue weighted by atomic mass is 19.1. The number of halogens is 1. The number of hydrogen-bond donors (Lipinski definition) is 1. The summed E-state index contributed by atoms with van der Waals surface area (Å²) in [6, 6.07) is 5.17. The molecule has 0 amide bonds. The van der Waals surface area contributed by atoms with Crippen LogP contribution in [0.2, 0.25) is 0 Å². The minimum absolute atomic E-state index is 0.164. The van der Waals surface area contributed by atoms with Crippen LogP contribution in [0.3, 0.4) is 0 Å². The standard InChI is InChI=1S/C14H21FN2O2/c1-18-8-9-19-11-12-2-3-13(15)14(10-12)17-6-4-16-5-7-17/h2-3,10,16H,4-9,11H2,1H3. The molecule has 1 aliphatic heterocycles. The molecule has 19 heavy (non-hydrogen) atoms. The first-order chi connectivity index (χ1) is 9.31. The number of nitrogens with zero attached hydrogens (tertiary/aromatic N) is 1. The minimum atomic E-state index is -0.164. The molecule has 1 aromatic rings. The van der Waals surface area contributed by atoms with Crippen LogP contribution in [-0.2, 0) is 16.1 Å². The number of rotatable bonds is 6. The van der Waals surface area contributed by atoms with Gasteiger partial charge in [0, 0.05) is 33.3 Å². The summed E-state index contributed by atoms with van der Waals surface area (Å²) >= 11 is 0. The maximum atomic E-state index is 13.9. The summed E-state index contributed by atoms with van der Waals surface area (Å²) in [6.45, 7) is 5.09. The Balaban J connectivity index is 1.97. The molecule has 1 heterocycles. The topological polar surface area (TPSA) is 33.7 Å². The smallest absolute Gasteiger partial charge is 0.146 e. The molecule has 0 aliphatic carbocycles. The number of benzene rings is 1. The number of piperazine rings is 1. The maximum Gasteiger partial charge on any atom is 0.146 e. The molecule has 1 saturated heterocycles. The normalized spacial score (nSPS) is 15.8. The molecule has 0 atom stereocenters. The third kappa shape index (κ3) is 4.16. The fourth-order valence-corrected chi connectivity index (χ4v) is 2.13. The first kappa shape index (κ1) is 14.2. The van der Waals surface area contributed by atoms with Crippen molar-refractivity contribution in [2.45, 2.75) is 6.61 Å². The average Bonchev–Trinajstić information content (AvgIpc) is 2.46. The molecule has 5 heteroatoms. The summed E-state index contributed by atoms with van der Waals surface area (Å²) in [4.78, 5) is 2.07. The van der Waals surface area contributed by atoms with Crippen molar-refractivity contribution in [3.05, 3.63) is 29.6 Å². The molecule has 0 spiro atoms. The Morgan fingerprint density at radius 3 is 2.79 bits per heavy atom. The Labute approximate surface area is 113 Å². The van der Waals surface area contributed by atoms with E-state index in [1.165, 1.54) is 6.07 Å². The van der Waals surface area contributed by atoms with Crippen LogP contribution in [0.25, 0.3) is 0 Å². The van der Waals surface area contributed by atoms with Gasteiger partial charge in [-0.1, -0.05) is 6.07 Å². The molecular formula is C14H21FN2O2. The highest BCUT2D eigenvalue weighted by Crippen LogP contribution is 2.21. The number of nitrogens with one attached hydrogen (secondary N) is 1. The van der Waals surface area contributed by atoms with E-state index in [0.717, 1.165) is 31.7 Å². The molecule has 4 nitrogen and oxygen atoms in total. The maximum absolute atomic E-state index is 13.9. The zero-order valence-electron chi connectivity index (χ0n) is 11.3. The van der Waals surface area contributed by atoms with Crippen molar-refractivity contribution in [1.29, 1.82) is 0 Å². The van der Waals surface area contributed by atoms with Crippen LogP contribution in [0.15, 0.2) is 18.2 Å². The Kier molecular flexibility index (Phi) is 5.57. The van der Waals surface area contributed by atoms with Crippen molar-refractivity contribution in [2.75, 3.05) is 51.4 Å². The van der Waals surface area contributed by atoms with Crippen LogP contribution in [0.5, 0.6) is 0 Å². The second-order valence-corrected chi connectivity index (χ2v) is 4.57. The molecule has 1 aliphatic rings. The van der Waals surface area contributed by atoms with E-state index in [9.17, 15) is 4.39 Å². The average molecular weight is 268 g/mol. The molecule has 1 aromatic carbocycles. The minimum Gasteiger partial charge on any atom is -0.382 e. The van der Waals surface area contributed by atoms with E-state index >= 15 is 0 Å². The van der Waals surface area contributed by atoms with Gasteiger partial charge in [0.25, 0.3) is 0 Å². The lowest BCUT2D eigenvalue weighted by Crippen LogP contribution is -2.43. The Bertz CT molecular complexity index is 395. The summed E-state index contributed by atoms with van der Waals surface area (Å²) < 4.78 is 24.3. The van der Waals surface area contributed by atoms with Crippen LogP contribution < -0.4 is 10.2 Å². The van der Waals surface area contributed by atoms with Gasteiger partial charge in [-0.05, 0) is 17.7 Å². The van der Waals surface area contributed by atoms with Crippen LogP contribution >= 0.6 is 0 Å². The van der Waals surface area contributed by atoms with E-state index in [2.05, 4.69) is 10.2 Å². The van der Waals surface area contributed by atoms with Crippen LogP contribution in [0, 0.1) is 5.82 Å². The molecule has 2 rings (SSSR count). The van der Waals surface area contributed by atoms with Gasteiger partial charge >= 0.3 is 0 Å². The molecule has 0 unspecified atom stereocenters. The van der Waals surface area contributed by atoms with E-state index in [1.54, 1.807) is 13.2 Å². The van der Waals surface area contributed by atoms with Crippen molar-refractivity contribution >= 4 is 5.69 Å². The molecule has 106 valence electrons. The predicted octanol–water partition coefficient (Wildman–Crippen LogP) is 1.40. The molecule has 0 radical (unpaired) electrons. The first-order valence-electron chi connectivity index (χ1n) is 6.62. The van der Waals surface area contributed by atoms with Crippen LogP contribution in [0.1, 0.15) is 5.56 Å². The van der Waals surface area contributed by atoms with Gasteiger partial charge in [0.05, 0.1) is 25.5 Å². The number of methoxy groups -OCH3 is 1. The number of ether oxygens (including phenoxy) is 2. The second kappa shape index (κ2) is 7.43. The van der Waals surface area contributed by atoms with Gasteiger partial charge in [-0.2, -0.15) is 0 Å². The largest absolute Gasteiger partial charge is 0.382 e. The quantitative estimate of drug-likeness (QED) is 0.791. The summed E-state index contributed by atoms with van der Waals surface area (Å²) in [5.41, 5.74) is 1.67. The monoisotopic (exact) mass is 268 g/mol. The fourth-order valence-electron chi connectivity index (χ4n) is 2.13. The number of anilines is 1. The van der Waals surface area contributed by atoms with Crippen LogP contribution in [-0.4, -0.2) is 46.5 Å². The first-order valence-corrected chi connectivity index (χ1v) is 6.62. The van der Waals surface area contributed by atoms with Gasteiger partial charge in [0.2, 0.25) is 0 Å². The zero-order chi connectivity index (χ0) is 13.5. The molecule has 1 N–H and O–H groups in total. The van der Waals surface area contributed by atoms with E-state index in [4.69, 9.17) is 9.47 Å². The van der Waals surface area contributed by atoms with Gasteiger partial charge in [0.15, 0.2) is 0 Å². The Morgan fingerprint density at radius 2 is 2.05 bits per heavy atom. The van der Waals surface area contributed by atoms with Gasteiger partial charge in [-0.3, -0.25) is 0 Å². The van der Waals surface area contributed by atoms with Crippen molar-refractivity contribution < 1.29 is 13.9 Å². The van der Waals surface area contributed by atoms with Crippen molar-refractivity contribution in [3.8, 4) is 0 Å². The lowest BCUT2D eigenvalue weighted by molar-refractivity contribution is 0.0616. The van der Waals surface area contributed by atoms with E-state index in [-0.39, 0.29) is 5.82 Å². The molecular weight excluding hydrogens is 247 g/mol. The SMILES string of the molecule is COCCOCc1ccc(F)c(N2CCNCC2)c1. The second-order valence-electron chi connectivity index (χ2n) is 4.57. The summed E-state index contributed by atoms with van der Waals surface area (Å²) in [5.74, 6) is -0.164. The van der Waals surface area contributed by atoms with Crippen molar-refractivity contribution in [2.24, 2.45) is 0 Å². The van der Waals surface area contributed by atoms with Gasteiger partial charge in [-0.15, -0.1) is 0 Å². The lowest BCUT2D eigenvalue weighted by Gasteiger charge is -2.30. The van der Waals surface area contributed by atoms with E-state index in [1.807, 2.05) is 6.07 Å². The van der Waals surface area contributed by atoms with Gasteiger partial charge < -0.3 is 19.7 Å². The van der Waals surface area contributed by atoms with E-state index in [0.29, 0.717) is 25.5 Å². The predicted molar refractivity (Wildman–Crippen MR) is 73.0 cm³/mol. The van der Waals surface area contributed by atoms with Crippen molar-refractivity contribution in [3.63, 3.8) is 0 Å². The lowest BCUT2D eigenvalue weighted by atomic mass is 10.1. The van der Waals surface area contributed by atoms with E-state index < -0.39 is 0 Å². The summed E-state index contributed by atoms with van der Waals surface area (Å²) in [5, 5.41) is 3.26. The van der Waals surface area contributed by atoms with Crippen LogP contribution in [0.4, 0.5) is 10.1 Å². The highest BCUT2D eigenvalue weighted by Gasteiger charge is 2.14. The number of hydrogen-bond acceptors (Lipinski definition) is 4. The third-order valence-corrected chi connectivity index (χ3v) is 3.17. The van der Waals surface area contributed by atoms with Gasteiger partial charge in [0.1, 0.15) is 5.82 Å². The summed E-state index contributed by atoms with van der Waals surface area (Å²) in [6.07, 6.45) is 0. The summed E-state index contributed by atoms with van der Waals surface area (Å²) in [7, 11) is 1.64. The fraction of sp³-hybridized carbons (Fsp3) is 0.571. The van der Waals surface area contributed by atoms with Crippen molar-refractivity contribution in [1.82, 2.24) is 5.32 Å². The molecule has 0 saturated carbocycles. The molecule has 0 aromatic heterocycles. The highest BCUT2D eigenvalue weighted by molar-refractivity contribution is 5.50. The Morgan fingerprint density at radius 1 is 1.26 bits per heavy atom. The zero-order valence-corrected chi connectivity index (χ0v) is 11.3. The third-order valence-electron chi connectivity index (χ3n) is 3.17. The molecule has 0 bridgehead atoms.